The maximum absolute atomic E-state index is 13.1. The van der Waals surface area contributed by atoms with Crippen LogP contribution in [0, 0.1) is 6.92 Å². The van der Waals surface area contributed by atoms with Crippen molar-refractivity contribution >= 4 is 17.2 Å². The fraction of sp³-hybridized carbons (Fsp3) is 0.375. The van der Waals surface area contributed by atoms with E-state index in [1.165, 1.54) is 28.4 Å². The van der Waals surface area contributed by atoms with Gasteiger partial charge in [0.15, 0.2) is 0 Å². The van der Waals surface area contributed by atoms with Gasteiger partial charge in [0, 0.05) is 18.0 Å². The van der Waals surface area contributed by atoms with Gasteiger partial charge in [0.2, 0.25) is 0 Å². The van der Waals surface area contributed by atoms with Crippen LogP contribution in [0.15, 0.2) is 29.6 Å². The third-order valence-corrected chi connectivity index (χ3v) is 4.52. The van der Waals surface area contributed by atoms with Gasteiger partial charge in [0.05, 0.1) is 10.6 Å². The Morgan fingerprint density at radius 3 is 2.61 bits per heavy atom. The molecule has 122 valence electrons. The lowest BCUT2D eigenvalue weighted by Crippen LogP contribution is -2.33. The number of carbonyl (C=O) groups is 1. The van der Waals surface area contributed by atoms with Crippen molar-refractivity contribution in [1.82, 2.24) is 9.88 Å². The lowest BCUT2D eigenvalue weighted by atomic mass is 10.1. The molecule has 1 aromatic heterocycles. The minimum Gasteiger partial charge on any atom is -0.330 e. The second kappa shape index (κ2) is 5.96. The second-order valence-corrected chi connectivity index (χ2v) is 6.63. The number of aryl methyl sites for hydroxylation is 1. The average Bonchev–Trinajstić information content (AvgIpc) is 3.24. The van der Waals surface area contributed by atoms with E-state index in [-0.39, 0.29) is 24.1 Å². The Hall–Kier alpha value is -1.89. The first-order chi connectivity index (χ1) is 10.9. The molecular weight excluding hydrogens is 325 g/mol. The van der Waals surface area contributed by atoms with Crippen LogP contribution >= 0.6 is 11.3 Å². The molecule has 1 fully saturated rings. The number of thiazole rings is 1. The van der Waals surface area contributed by atoms with Crippen molar-refractivity contribution in [3.8, 4) is 0 Å². The lowest BCUT2D eigenvalue weighted by Gasteiger charge is -2.23. The molecule has 1 amide bonds. The van der Waals surface area contributed by atoms with Crippen LogP contribution in [0.3, 0.4) is 0 Å². The molecule has 1 aliphatic rings. The molecular formula is C16H15F3N2OS. The summed E-state index contributed by atoms with van der Waals surface area (Å²) in [6.07, 6.45) is -2.78. The molecule has 23 heavy (non-hydrogen) atoms. The summed E-state index contributed by atoms with van der Waals surface area (Å²) in [4.78, 5) is 18.3. The Labute approximate surface area is 135 Å². The zero-order chi connectivity index (χ0) is 16.6. The summed E-state index contributed by atoms with van der Waals surface area (Å²) in [6, 6.07) is 5.41. The fourth-order valence-corrected chi connectivity index (χ4v) is 3.07. The molecule has 0 aliphatic heterocycles. The minimum atomic E-state index is -4.42. The third-order valence-electron chi connectivity index (χ3n) is 3.75. The predicted molar refractivity (Wildman–Crippen MR) is 81.2 cm³/mol. The van der Waals surface area contributed by atoms with E-state index in [9.17, 15) is 18.0 Å². The van der Waals surface area contributed by atoms with Crippen LogP contribution in [0.25, 0.3) is 0 Å². The molecule has 2 aromatic rings. The van der Waals surface area contributed by atoms with Crippen LogP contribution in [0.5, 0.6) is 0 Å². The Bertz CT molecular complexity index is 722. The molecule has 0 saturated heterocycles. The fourth-order valence-electron chi connectivity index (χ4n) is 2.48. The van der Waals surface area contributed by atoms with Gasteiger partial charge in [0.1, 0.15) is 5.69 Å². The van der Waals surface area contributed by atoms with Crippen molar-refractivity contribution in [3.05, 3.63) is 51.5 Å². The number of alkyl halides is 3. The highest BCUT2D eigenvalue weighted by molar-refractivity contribution is 7.09. The maximum Gasteiger partial charge on any atom is 0.416 e. The summed E-state index contributed by atoms with van der Waals surface area (Å²) in [5, 5.41) is 2.42. The normalized spacial score (nSPS) is 14.8. The molecule has 3 rings (SSSR count). The van der Waals surface area contributed by atoms with Crippen molar-refractivity contribution in [1.29, 1.82) is 0 Å². The van der Waals surface area contributed by atoms with Crippen LogP contribution < -0.4 is 0 Å². The first kappa shape index (κ1) is 16.0. The van der Waals surface area contributed by atoms with E-state index in [0.29, 0.717) is 5.69 Å². The second-order valence-electron chi connectivity index (χ2n) is 5.57. The van der Waals surface area contributed by atoms with E-state index in [4.69, 9.17) is 0 Å². The quantitative estimate of drug-likeness (QED) is 0.832. The highest BCUT2D eigenvalue weighted by Gasteiger charge is 2.37. The van der Waals surface area contributed by atoms with Crippen LogP contribution in [0.2, 0.25) is 0 Å². The molecule has 0 spiro atoms. The molecule has 1 heterocycles. The summed E-state index contributed by atoms with van der Waals surface area (Å²) in [5.74, 6) is -0.297. The topological polar surface area (TPSA) is 33.2 Å². The highest BCUT2D eigenvalue weighted by Crippen LogP contribution is 2.35. The van der Waals surface area contributed by atoms with E-state index in [2.05, 4.69) is 4.98 Å². The summed E-state index contributed by atoms with van der Waals surface area (Å²) < 4.78 is 39.4. The maximum atomic E-state index is 13.1. The van der Waals surface area contributed by atoms with E-state index in [1.54, 1.807) is 18.4 Å². The van der Waals surface area contributed by atoms with Crippen LogP contribution in [0.1, 0.15) is 39.5 Å². The molecule has 0 radical (unpaired) electrons. The van der Waals surface area contributed by atoms with E-state index < -0.39 is 11.7 Å². The number of nitrogens with zero attached hydrogens (tertiary/aromatic N) is 2. The Kier molecular flexibility index (Phi) is 4.14. The Morgan fingerprint density at radius 2 is 2.04 bits per heavy atom. The first-order valence-electron chi connectivity index (χ1n) is 7.24. The summed E-state index contributed by atoms with van der Waals surface area (Å²) in [5.41, 5.74) is -0.260. The number of benzene rings is 1. The number of halogens is 3. The van der Waals surface area contributed by atoms with Crippen molar-refractivity contribution in [3.63, 3.8) is 0 Å². The SMILES string of the molecule is Cc1nc(C(=O)N(Cc2ccccc2C(F)(F)F)C2CC2)cs1. The van der Waals surface area contributed by atoms with Crippen LogP contribution in [0.4, 0.5) is 13.2 Å². The zero-order valence-electron chi connectivity index (χ0n) is 12.4. The number of hydrogen-bond acceptors (Lipinski definition) is 3. The van der Waals surface area contributed by atoms with Gasteiger partial charge in [-0.05, 0) is 31.4 Å². The number of aromatic nitrogens is 1. The number of hydrogen-bond donors (Lipinski definition) is 0. The van der Waals surface area contributed by atoms with E-state index >= 15 is 0 Å². The van der Waals surface area contributed by atoms with Gasteiger partial charge in [-0.1, -0.05) is 18.2 Å². The van der Waals surface area contributed by atoms with Gasteiger partial charge >= 0.3 is 6.18 Å². The van der Waals surface area contributed by atoms with Gasteiger partial charge in [-0.25, -0.2) is 4.98 Å². The summed E-state index contributed by atoms with van der Waals surface area (Å²) in [7, 11) is 0. The summed E-state index contributed by atoms with van der Waals surface area (Å²) >= 11 is 1.36. The third kappa shape index (κ3) is 3.55. The van der Waals surface area contributed by atoms with Crippen molar-refractivity contribution in [2.75, 3.05) is 0 Å². The molecule has 1 saturated carbocycles. The monoisotopic (exact) mass is 340 g/mol. The molecule has 0 bridgehead atoms. The molecule has 1 aliphatic carbocycles. The van der Waals surface area contributed by atoms with Crippen molar-refractivity contribution < 1.29 is 18.0 Å². The highest BCUT2D eigenvalue weighted by atomic mass is 32.1. The smallest absolute Gasteiger partial charge is 0.330 e. The standard InChI is InChI=1S/C16H15F3N2OS/c1-10-20-14(9-23-10)15(22)21(12-6-7-12)8-11-4-2-3-5-13(11)16(17,18)19/h2-5,9,12H,6-8H2,1H3. The number of rotatable bonds is 4. The van der Waals surface area contributed by atoms with Crippen LogP contribution in [-0.4, -0.2) is 21.8 Å². The van der Waals surface area contributed by atoms with Gasteiger partial charge in [0.25, 0.3) is 5.91 Å². The molecule has 1 aromatic carbocycles. The lowest BCUT2D eigenvalue weighted by molar-refractivity contribution is -0.138. The Morgan fingerprint density at radius 1 is 1.35 bits per heavy atom. The zero-order valence-corrected chi connectivity index (χ0v) is 13.2. The van der Waals surface area contributed by atoms with E-state index in [1.807, 2.05) is 0 Å². The van der Waals surface area contributed by atoms with Gasteiger partial charge in [-0.2, -0.15) is 13.2 Å². The molecule has 0 N–H and O–H groups in total. The van der Waals surface area contributed by atoms with Crippen molar-refractivity contribution in [2.45, 2.75) is 38.5 Å². The van der Waals surface area contributed by atoms with Crippen LogP contribution in [-0.2, 0) is 12.7 Å². The predicted octanol–water partition coefficient (Wildman–Crippen LogP) is 4.28. The van der Waals surface area contributed by atoms with Gasteiger partial charge in [-0.15, -0.1) is 11.3 Å². The first-order valence-corrected chi connectivity index (χ1v) is 8.12. The number of carbonyl (C=O) groups excluding carboxylic acids is 1. The Balaban J connectivity index is 1.88. The molecule has 3 nitrogen and oxygen atoms in total. The summed E-state index contributed by atoms with van der Waals surface area (Å²) in [6.45, 7) is 1.75. The number of amides is 1. The average molecular weight is 340 g/mol. The molecule has 0 unspecified atom stereocenters. The van der Waals surface area contributed by atoms with Crippen molar-refractivity contribution in [2.24, 2.45) is 0 Å². The molecule has 7 heteroatoms. The molecule has 0 atom stereocenters. The van der Waals surface area contributed by atoms with Gasteiger partial charge in [-0.3, -0.25) is 4.79 Å². The largest absolute Gasteiger partial charge is 0.416 e. The minimum absolute atomic E-state index is 0.00537. The van der Waals surface area contributed by atoms with Gasteiger partial charge < -0.3 is 4.90 Å². The van der Waals surface area contributed by atoms with E-state index in [0.717, 1.165) is 23.9 Å².